The number of rotatable bonds is 3. The van der Waals surface area contributed by atoms with Crippen molar-refractivity contribution in [3.8, 4) is 0 Å². The molecule has 0 aliphatic heterocycles. The summed E-state index contributed by atoms with van der Waals surface area (Å²) in [5.74, 6) is 0. The van der Waals surface area contributed by atoms with E-state index in [4.69, 9.17) is 0 Å². The minimum atomic E-state index is -1.54. The van der Waals surface area contributed by atoms with Crippen molar-refractivity contribution in [1.82, 2.24) is 0 Å². The van der Waals surface area contributed by atoms with Crippen molar-refractivity contribution in [2.24, 2.45) is 0 Å². The minimum absolute atomic E-state index is 0.457. The molecule has 0 saturated heterocycles. The molecule has 0 heterocycles. The third-order valence-electron chi connectivity index (χ3n) is 4.48. The Morgan fingerprint density at radius 1 is 1.05 bits per heavy atom. The van der Waals surface area contributed by atoms with Gasteiger partial charge in [0.25, 0.3) is 0 Å². The Bertz CT molecular complexity index is 639. The summed E-state index contributed by atoms with van der Waals surface area (Å²) in [5.41, 5.74) is 3.10. The summed E-state index contributed by atoms with van der Waals surface area (Å²) in [4.78, 5) is 0. The molecule has 0 N–H and O–H groups in total. The van der Waals surface area contributed by atoms with Crippen molar-refractivity contribution < 1.29 is 21.4 Å². The molecule has 97 valence electrons. The molecule has 19 heavy (non-hydrogen) atoms. The van der Waals surface area contributed by atoms with Crippen LogP contribution in [0.1, 0.15) is 30.9 Å². The van der Waals surface area contributed by atoms with E-state index in [-0.39, 0.29) is 0 Å². The van der Waals surface area contributed by atoms with Gasteiger partial charge in [-0.3, -0.25) is 0 Å². The molecule has 1 heteroatoms. The van der Waals surface area contributed by atoms with Gasteiger partial charge < -0.3 is 0 Å². The van der Waals surface area contributed by atoms with Gasteiger partial charge >= 0.3 is 124 Å². The van der Waals surface area contributed by atoms with Crippen LogP contribution in [-0.2, 0) is 24.6 Å². The Hall–Kier alpha value is -0.690. The van der Waals surface area contributed by atoms with Gasteiger partial charge in [-0.2, -0.15) is 0 Å². The molecule has 0 saturated carbocycles. The zero-order valence-corrected chi connectivity index (χ0v) is 15.6. The first kappa shape index (κ1) is 13.3. The Morgan fingerprint density at radius 3 is 2.37 bits per heavy atom. The Morgan fingerprint density at radius 2 is 1.74 bits per heavy atom. The van der Waals surface area contributed by atoms with E-state index < -0.39 is 21.4 Å². The van der Waals surface area contributed by atoms with E-state index in [0.717, 1.165) is 0 Å². The van der Waals surface area contributed by atoms with Crippen LogP contribution in [0, 0.1) is 0 Å². The SMILES string of the molecule is CCC[C]1([Hf]([CH3])[CH3])C=Cc2cc3ccccc3cc21. The average Bonchev–Trinajstić information content (AvgIpc) is 2.76. The van der Waals surface area contributed by atoms with Gasteiger partial charge in [0, 0.05) is 0 Å². The van der Waals surface area contributed by atoms with Crippen molar-refractivity contribution in [3.63, 3.8) is 0 Å². The molecular weight excluding hydrogens is 395 g/mol. The Kier molecular flexibility index (Phi) is 3.51. The first-order valence-electron chi connectivity index (χ1n) is 7.20. The Balaban J connectivity index is 2.22. The number of fused-ring (bicyclic) bond motifs is 2. The summed E-state index contributed by atoms with van der Waals surface area (Å²) in [6.45, 7) is 2.32. The Labute approximate surface area is 124 Å². The summed E-state index contributed by atoms with van der Waals surface area (Å²) >= 11 is -1.54. The van der Waals surface area contributed by atoms with Gasteiger partial charge in [0.2, 0.25) is 0 Å². The molecule has 2 aromatic carbocycles. The molecule has 3 rings (SSSR count). The van der Waals surface area contributed by atoms with E-state index in [1.807, 2.05) is 0 Å². The van der Waals surface area contributed by atoms with E-state index in [9.17, 15) is 0 Å². The van der Waals surface area contributed by atoms with Crippen molar-refractivity contribution >= 4 is 16.8 Å². The standard InChI is InChI=1S/C16H15.2CH3.Hf/c1-2-5-12-8-9-15-10-13-6-3-4-7-14(13)11-16(12)15;;;/h3-4,6-11H,2,5H2,1H3;2*1H3;. The van der Waals surface area contributed by atoms with E-state index in [1.165, 1.54) is 29.2 Å². The molecule has 0 radical (unpaired) electrons. The second kappa shape index (κ2) is 5.01. The molecule has 1 aliphatic rings. The van der Waals surface area contributed by atoms with Crippen LogP contribution in [-0.4, -0.2) is 0 Å². The average molecular weight is 416 g/mol. The van der Waals surface area contributed by atoms with Gasteiger partial charge in [-0.15, -0.1) is 0 Å². The molecule has 0 nitrogen and oxygen atoms in total. The van der Waals surface area contributed by atoms with E-state index in [1.54, 1.807) is 5.56 Å². The van der Waals surface area contributed by atoms with Gasteiger partial charge in [0.15, 0.2) is 0 Å². The molecule has 0 aromatic heterocycles. The first-order valence-corrected chi connectivity index (χ1v) is 16.2. The van der Waals surface area contributed by atoms with Crippen LogP contribution in [0.2, 0.25) is 9.36 Å². The predicted molar refractivity (Wildman–Crippen MR) is 81.3 cm³/mol. The fourth-order valence-corrected chi connectivity index (χ4v) is 10.3. The number of allylic oxidation sites excluding steroid dienone is 1. The second-order valence-corrected chi connectivity index (χ2v) is 16.2. The topological polar surface area (TPSA) is 0 Å². The summed E-state index contributed by atoms with van der Waals surface area (Å²) < 4.78 is 5.59. The van der Waals surface area contributed by atoms with Gasteiger partial charge in [0.05, 0.1) is 0 Å². The van der Waals surface area contributed by atoms with E-state index in [0.29, 0.717) is 3.17 Å². The molecule has 0 amide bonds. The molecule has 0 bridgehead atoms. The summed E-state index contributed by atoms with van der Waals surface area (Å²) in [7, 11) is 0. The molecule has 0 fully saturated rings. The summed E-state index contributed by atoms with van der Waals surface area (Å²) in [6, 6.07) is 13.6. The van der Waals surface area contributed by atoms with Crippen LogP contribution >= 0.6 is 0 Å². The van der Waals surface area contributed by atoms with Crippen LogP contribution in [0.25, 0.3) is 16.8 Å². The van der Waals surface area contributed by atoms with Crippen LogP contribution < -0.4 is 0 Å². The molecule has 1 unspecified atom stereocenters. The molecular formula is C18H21Hf. The zero-order chi connectivity index (χ0) is 13.5. The van der Waals surface area contributed by atoms with Crippen molar-refractivity contribution in [1.29, 1.82) is 0 Å². The second-order valence-electron chi connectivity index (χ2n) is 5.84. The van der Waals surface area contributed by atoms with E-state index in [2.05, 4.69) is 64.8 Å². The maximum absolute atomic E-state index is 2.56. The van der Waals surface area contributed by atoms with Crippen LogP contribution in [0.15, 0.2) is 42.5 Å². The molecule has 0 spiro atoms. The number of hydrogen-bond acceptors (Lipinski definition) is 0. The molecule has 1 atom stereocenters. The third kappa shape index (κ3) is 2.07. The first-order chi connectivity index (χ1) is 9.17. The normalized spacial score (nSPS) is 20.8. The van der Waals surface area contributed by atoms with Crippen LogP contribution in [0.4, 0.5) is 0 Å². The fourth-order valence-electron chi connectivity index (χ4n) is 3.40. The van der Waals surface area contributed by atoms with E-state index >= 15 is 0 Å². The van der Waals surface area contributed by atoms with Gasteiger partial charge in [-0.25, -0.2) is 0 Å². The van der Waals surface area contributed by atoms with Gasteiger partial charge in [-0.1, -0.05) is 0 Å². The van der Waals surface area contributed by atoms with Crippen molar-refractivity contribution in [2.45, 2.75) is 32.3 Å². The summed E-state index contributed by atoms with van der Waals surface area (Å²) in [6.07, 6.45) is 7.55. The zero-order valence-electron chi connectivity index (χ0n) is 12.0. The number of hydrogen-bond donors (Lipinski definition) is 0. The monoisotopic (exact) mass is 417 g/mol. The molecule has 1 aliphatic carbocycles. The number of benzene rings is 2. The van der Waals surface area contributed by atoms with Crippen molar-refractivity contribution in [3.05, 3.63) is 53.6 Å². The van der Waals surface area contributed by atoms with Crippen molar-refractivity contribution in [2.75, 3.05) is 0 Å². The van der Waals surface area contributed by atoms with Gasteiger partial charge in [-0.05, 0) is 0 Å². The predicted octanol–water partition coefficient (Wildman–Crippen LogP) is 5.58. The van der Waals surface area contributed by atoms with Crippen LogP contribution in [0.5, 0.6) is 0 Å². The molecule has 2 aromatic rings. The maximum atomic E-state index is 2.56. The van der Waals surface area contributed by atoms with Gasteiger partial charge in [0.1, 0.15) is 0 Å². The fraction of sp³-hybridized carbons (Fsp3) is 0.333. The summed E-state index contributed by atoms with van der Waals surface area (Å²) in [5, 5.41) is 2.77. The van der Waals surface area contributed by atoms with Crippen LogP contribution in [0.3, 0.4) is 0 Å². The quantitative estimate of drug-likeness (QED) is 0.574. The third-order valence-corrected chi connectivity index (χ3v) is 13.4.